The summed E-state index contributed by atoms with van der Waals surface area (Å²) in [6.07, 6.45) is 5.22. The van der Waals surface area contributed by atoms with Crippen molar-refractivity contribution in [3.05, 3.63) is 0 Å². The van der Waals surface area contributed by atoms with Crippen molar-refractivity contribution in [3.63, 3.8) is 0 Å². The minimum absolute atomic E-state index is 0.0110. The zero-order chi connectivity index (χ0) is 15.7. The van der Waals surface area contributed by atoms with E-state index >= 15 is 0 Å². The number of methoxy groups -OCH3 is 1. The monoisotopic (exact) mass is 296 g/mol. The summed E-state index contributed by atoms with van der Waals surface area (Å²) in [5.41, 5.74) is 0.347. The molecular weight excluding hydrogens is 260 g/mol. The fraction of sp³-hybridized carbons (Fsp3) is 1.00. The van der Waals surface area contributed by atoms with Gasteiger partial charge in [-0.05, 0) is 58.3 Å². The fourth-order valence-electron chi connectivity index (χ4n) is 3.69. The van der Waals surface area contributed by atoms with Crippen molar-refractivity contribution in [1.82, 2.24) is 10.2 Å². The van der Waals surface area contributed by atoms with Gasteiger partial charge in [0.05, 0.1) is 5.60 Å². The maximum Gasteiger partial charge on any atom is 0.0634 e. The average molecular weight is 296 g/mol. The highest BCUT2D eigenvalue weighted by Gasteiger charge is 2.48. The van der Waals surface area contributed by atoms with Crippen LogP contribution < -0.4 is 5.32 Å². The zero-order valence-corrected chi connectivity index (χ0v) is 15.0. The number of piperazine rings is 1. The highest BCUT2D eigenvalue weighted by atomic mass is 16.5. The summed E-state index contributed by atoms with van der Waals surface area (Å²) in [4.78, 5) is 2.77. The van der Waals surface area contributed by atoms with Crippen molar-refractivity contribution < 1.29 is 4.74 Å². The maximum absolute atomic E-state index is 5.62. The second-order valence-corrected chi connectivity index (χ2v) is 8.50. The van der Waals surface area contributed by atoms with Gasteiger partial charge >= 0.3 is 0 Å². The standard InChI is InChI=1S/C18H36N2O/c1-14(2)11-16-12-20(10-9-17(3,4)21-6)18(5,13-19-16)15-7-8-15/h14-16,19H,7-13H2,1-6H3. The molecule has 124 valence electrons. The van der Waals surface area contributed by atoms with Gasteiger partial charge in [-0.25, -0.2) is 0 Å². The minimum Gasteiger partial charge on any atom is -0.379 e. The van der Waals surface area contributed by atoms with E-state index in [1.54, 1.807) is 0 Å². The molecule has 2 unspecified atom stereocenters. The number of rotatable bonds is 7. The Morgan fingerprint density at radius 1 is 1.33 bits per heavy atom. The molecule has 1 N–H and O–H groups in total. The Morgan fingerprint density at radius 2 is 2.00 bits per heavy atom. The summed E-state index contributed by atoms with van der Waals surface area (Å²) in [7, 11) is 1.83. The number of nitrogens with one attached hydrogen (secondary N) is 1. The van der Waals surface area contributed by atoms with Crippen molar-refractivity contribution in [1.29, 1.82) is 0 Å². The SMILES string of the molecule is COC(C)(C)CCN1CC(CC(C)C)NCC1(C)C1CC1. The minimum atomic E-state index is -0.0110. The normalized spacial score (nSPS) is 31.9. The molecule has 2 fully saturated rings. The van der Waals surface area contributed by atoms with Crippen LogP contribution in [0.3, 0.4) is 0 Å². The fourth-order valence-corrected chi connectivity index (χ4v) is 3.69. The van der Waals surface area contributed by atoms with Gasteiger partial charge in [-0.15, -0.1) is 0 Å². The molecule has 2 atom stereocenters. The summed E-state index contributed by atoms with van der Waals surface area (Å²) < 4.78 is 5.62. The molecule has 0 aromatic carbocycles. The van der Waals surface area contributed by atoms with Gasteiger partial charge < -0.3 is 10.1 Å². The van der Waals surface area contributed by atoms with E-state index in [0.29, 0.717) is 11.6 Å². The molecule has 1 saturated carbocycles. The van der Waals surface area contributed by atoms with Gasteiger partial charge in [-0.3, -0.25) is 4.90 Å². The first-order valence-electron chi connectivity index (χ1n) is 8.80. The second-order valence-electron chi connectivity index (χ2n) is 8.50. The summed E-state index contributed by atoms with van der Waals surface area (Å²) >= 11 is 0. The van der Waals surface area contributed by atoms with E-state index in [0.717, 1.165) is 31.3 Å². The molecule has 1 heterocycles. The lowest BCUT2D eigenvalue weighted by atomic mass is 9.87. The van der Waals surface area contributed by atoms with Gasteiger partial charge in [0, 0.05) is 38.3 Å². The Kier molecular flexibility index (Phi) is 5.38. The lowest BCUT2D eigenvalue weighted by molar-refractivity contribution is -0.0211. The molecule has 3 nitrogen and oxygen atoms in total. The molecule has 2 aliphatic rings. The first kappa shape index (κ1) is 17.2. The lowest BCUT2D eigenvalue weighted by Gasteiger charge is -2.50. The number of hydrogen-bond acceptors (Lipinski definition) is 3. The Hall–Kier alpha value is -0.120. The third kappa shape index (κ3) is 4.43. The van der Waals surface area contributed by atoms with Crippen molar-refractivity contribution in [3.8, 4) is 0 Å². The molecule has 0 spiro atoms. The highest BCUT2D eigenvalue weighted by Crippen LogP contribution is 2.44. The average Bonchev–Trinajstić information content (AvgIpc) is 3.23. The molecular formula is C18H36N2O. The molecule has 21 heavy (non-hydrogen) atoms. The van der Waals surface area contributed by atoms with Crippen LogP contribution in [-0.4, -0.2) is 48.8 Å². The Balaban J connectivity index is 1.99. The van der Waals surface area contributed by atoms with Gasteiger partial charge in [-0.1, -0.05) is 13.8 Å². The van der Waals surface area contributed by atoms with Crippen LogP contribution >= 0.6 is 0 Å². The van der Waals surface area contributed by atoms with Crippen LogP contribution in [0.2, 0.25) is 0 Å². The quantitative estimate of drug-likeness (QED) is 0.780. The summed E-state index contributed by atoms with van der Waals surface area (Å²) in [6.45, 7) is 15.1. The van der Waals surface area contributed by atoms with Crippen molar-refractivity contribution >= 4 is 0 Å². The van der Waals surface area contributed by atoms with E-state index < -0.39 is 0 Å². The number of ether oxygens (including phenoxy) is 1. The predicted molar refractivity (Wildman–Crippen MR) is 89.7 cm³/mol. The van der Waals surface area contributed by atoms with Crippen LogP contribution in [0.15, 0.2) is 0 Å². The van der Waals surface area contributed by atoms with E-state index in [9.17, 15) is 0 Å². The van der Waals surface area contributed by atoms with E-state index in [-0.39, 0.29) is 5.60 Å². The van der Waals surface area contributed by atoms with Crippen molar-refractivity contribution in [2.45, 2.75) is 77.5 Å². The number of hydrogen-bond donors (Lipinski definition) is 1. The largest absolute Gasteiger partial charge is 0.379 e. The molecule has 0 aromatic heterocycles. The van der Waals surface area contributed by atoms with Crippen LogP contribution in [0.25, 0.3) is 0 Å². The van der Waals surface area contributed by atoms with Crippen LogP contribution in [0.1, 0.15) is 60.3 Å². The van der Waals surface area contributed by atoms with E-state index in [1.807, 2.05) is 7.11 Å². The maximum atomic E-state index is 5.62. The summed E-state index contributed by atoms with van der Waals surface area (Å²) in [6, 6.07) is 0.655. The van der Waals surface area contributed by atoms with Gasteiger partial charge in [0.15, 0.2) is 0 Å². The van der Waals surface area contributed by atoms with Crippen LogP contribution in [0, 0.1) is 11.8 Å². The second kappa shape index (κ2) is 6.55. The highest BCUT2D eigenvalue weighted by molar-refractivity contribution is 5.05. The first-order valence-corrected chi connectivity index (χ1v) is 8.80. The van der Waals surface area contributed by atoms with E-state index in [1.165, 1.54) is 25.8 Å². The molecule has 1 aliphatic heterocycles. The van der Waals surface area contributed by atoms with Crippen molar-refractivity contribution in [2.75, 3.05) is 26.7 Å². The topological polar surface area (TPSA) is 24.5 Å². The van der Waals surface area contributed by atoms with Gasteiger partial charge in [0.1, 0.15) is 0 Å². The molecule has 1 aliphatic carbocycles. The summed E-state index contributed by atoms with van der Waals surface area (Å²) in [5, 5.41) is 3.83. The van der Waals surface area contributed by atoms with Gasteiger partial charge in [0.25, 0.3) is 0 Å². The lowest BCUT2D eigenvalue weighted by Crippen LogP contribution is -2.65. The Bertz CT molecular complexity index is 338. The predicted octanol–water partition coefficient (Wildman–Crippen LogP) is 3.29. The van der Waals surface area contributed by atoms with Crippen LogP contribution in [-0.2, 0) is 4.74 Å². The molecule has 0 bridgehead atoms. The molecule has 2 rings (SSSR count). The molecule has 3 heteroatoms. The van der Waals surface area contributed by atoms with Crippen LogP contribution in [0.4, 0.5) is 0 Å². The molecule has 0 amide bonds. The zero-order valence-electron chi connectivity index (χ0n) is 15.0. The number of nitrogens with zero attached hydrogens (tertiary/aromatic N) is 1. The van der Waals surface area contributed by atoms with Gasteiger partial charge in [-0.2, -0.15) is 0 Å². The third-order valence-corrected chi connectivity index (χ3v) is 5.66. The smallest absolute Gasteiger partial charge is 0.0634 e. The molecule has 0 radical (unpaired) electrons. The molecule has 1 saturated heterocycles. The Labute approximate surface area is 131 Å². The molecule has 0 aromatic rings. The van der Waals surface area contributed by atoms with Crippen molar-refractivity contribution in [2.24, 2.45) is 11.8 Å². The third-order valence-electron chi connectivity index (χ3n) is 5.66. The van der Waals surface area contributed by atoms with E-state index in [4.69, 9.17) is 4.74 Å². The van der Waals surface area contributed by atoms with E-state index in [2.05, 4.69) is 44.8 Å². The van der Waals surface area contributed by atoms with Gasteiger partial charge in [0.2, 0.25) is 0 Å². The van der Waals surface area contributed by atoms with Crippen LogP contribution in [0.5, 0.6) is 0 Å². The Morgan fingerprint density at radius 3 is 2.52 bits per heavy atom. The summed E-state index contributed by atoms with van der Waals surface area (Å²) in [5.74, 6) is 1.67. The first-order chi connectivity index (χ1) is 9.77.